The Labute approximate surface area is 79.0 Å². The highest BCUT2D eigenvalue weighted by Gasteiger charge is 2.14. The number of thiol groups is 1. The number of nitrogens with zero attached hydrogens (tertiary/aromatic N) is 2. The predicted molar refractivity (Wildman–Crippen MR) is 55.5 cm³/mol. The molecule has 64 valence electrons. The lowest BCUT2D eigenvalue weighted by Crippen LogP contribution is -2.47. The molecule has 0 aromatic carbocycles. The second kappa shape index (κ2) is 4.28. The number of likely N-dealkylation sites (N-methyl/N-ethyl adjacent to an activating group) is 1. The first-order valence-electron chi connectivity index (χ1n) is 3.81. The van der Waals surface area contributed by atoms with Crippen LogP contribution in [0.5, 0.6) is 0 Å². The van der Waals surface area contributed by atoms with Crippen molar-refractivity contribution >= 4 is 29.8 Å². The first-order chi connectivity index (χ1) is 5.24. The summed E-state index contributed by atoms with van der Waals surface area (Å²) < 4.78 is 0. The van der Waals surface area contributed by atoms with Gasteiger partial charge in [-0.2, -0.15) is 12.6 Å². The molecule has 0 aromatic rings. The minimum Gasteiger partial charge on any atom is -0.363 e. The van der Waals surface area contributed by atoms with Gasteiger partial charge in [-0.1, -0.05) is 12.2 Å². The van der Waals surface area contributed by atoms with Gasteiger partial charge in [-0.25, -0.2) is 0 Å². The molecule has 0 saturated carbocycles. The van der Waals surface area contributed by atoms with Crippen LogP contribution < -0.4 is 0 Å². The van der Waals surface area contributed by atoms with Crippen LogP contribution in [0.3, 0.4) is 0 Å². The average molecular weight is 190 g/mol. The summed E-state index contributed by atoms with van der Waals surface area (Å²) in [6, 6.07) is 0. The number of hydrogen-bond acceptors (Lipinski definition) is 3. The van der Waals surface area contributed by atoms with Gasteiger partial charge in [-0.3, -0.25) is 0 Å². The van der Waals surface area contributed by atoms with Gasteiger partial charge >= 0.3 is 0 Å². The maximum absolute atomic E-state index is 5.14. The highest BCUT2D eigenvalue weighted by Crippen LogP contribution is 2.01. The van der Waals surface area contributed by atoms with Crippen molar-refractivity contribution in [1.82, 2.24) is 9.80 Å². The van der Waals surface area contributed by atoms with Gasteiger partial charge in [-0.05, 0) is 7.05 Å². The maximum atomic E-state index is 5.14. The summed E-state index contributed by atoms with van der Waals surface area (Å²) >= 11 is 9.30. The third-order valence-electron chi connectivity index (χ3n) is 1.99. The molecule has 0 radical (unpaired) electrons. The van der Waals surface area contributed by atoms with Gasteiger partial charge in [0.25, 0.3) is 0 Å². The number of thiocarbonyl (C=S) groups is 1. The van der Waals surface area contributed by atoms with E-state index in [1.165, 1.54) is 0 Å². The molecule has 0 amide bonds. The Morgan fingerprint density at radius 3 is 2.36 bits per heavy atom. The molecule has 0 bridgehead atoms. The minimum atomic E-state index is 0.707. The molecule has 0 atom stereocenters. The van der Waals surface area contributed by atoms with E-state index in [-0.39, 0.29) is 0 Å². The van der Waals surface area contributed by atoms with E-state index in [1.807, 2.05) is 0 Å². The summed E-state index contributed by atoms with van der Waals surface area (Å²) in [5, 5.41) is 0. The highest BCUT2D eigenvalue weighted by molar-refractivity contribution is 7.86. The van der Waals surface area contributed by atoms with Crippen molar-refractivity contribution in [3.8, 4) is 0 Å². The Kier molecular flexibility index (Phi) is 3.62. The van der Waals surface area contributed by atoms with E-state index in [1.54, 1.807) is 0 Å². The molecule has 1 aliphatic heterocycles. The molecule has 1 aliphatic rings. The Morgan fingerprint density at radius 1 is 1.36 bits per heavy atom. The van der Waals surface area contributed by atoms with Gasteiger partial charge in [0.2, 0.25) is 0 Å². The van der Waals surface area contributed by atoms with Gasteiger partial charge < -0.3 is 9.80 Å². The second-order valence-electron chi connectivity index (χ2n) is 2.84. The summed E-state index contributed by atoms with van der Waals surface area (Å²) in [5.74, 6) is 0.707. The van der Waals surface area contributed by atoms with E-state index in [0.29, 0.717) is 5.75 Å². The van der Waals surface area contributed by atoms with Crippen LogP contribution in [-0.4, -0.2) is 53.8 Å². The number of rotatable bonds is 1. The van der Waals surface area contributed by atoms with Crippen LogP contribution in [0.2, 0.25) is 0 Å². The second-order valence-corrected chi connectivity index (χ2v) is 3.63. The quantitative estimate of drug-likeness (QED) is 0.475. The monoisotopic (exact) mass is 190 g/mol. The van der Waals surface area contributed by atoms with Gasteiger partial charge in [-0.15, -0.1) is 0 Å². The zero-order valence-corrected chi connectivity index (χ0v) is 8.50. The van der Waals surface area contributed by atoms with E-state index in [2.05, 4.69) is 29.5 Å². The number of hydrogen-bond donors (Lipinski definition) is 1. The van der Waals surface area contributed by atoms with E-state index >= 15 is 0 Å². The molecule has 4 heteroatoms. The van der Waals surface area contributed by atoms with Crippen molar-refractivity contribution in [3.05, 3.63) is 0 Å². The van der Waals surface area contributed by atoms with Crippen LogP contribution in [0.4, 0.5) is 0 Å². The summed E-state index contributed by atoms with van der Waals surface area (Å²) in [7, 11) is 2.14. The summed E-state index contributed by atoms with van der Waals surface area (Å²) in [4.78, 5) is 5.54. The fourth-order valence-corrected chi connectivity index (χ4v) is 1.54. The van der Waals surface area contributed by atoms with Crippen LogP contribution in [0.15, 0.2) is 0 Å². The van der Waals surface area contributed by atoms with E-state index in [4.69, 9.17) is 12.2 Å². The van der Waals surface area contributed by atoms with Gasteiger partial charge in [0.1, 0.15) is 0 Å². The van der Waals surface area contributed by atoms with Crippen molar-refractivity contribution in [2.75, 3.05) is 39.0 Å². The Balaban J connectivity index is 2.33. The molecule has 1 saturated heterocycles. The molecule has 1 rings (SSSR count). The smallest absolute Gasteiger partial charge is 0.0878 e. The molecule has 1 fully saturated rings. The van der Waals surface area contributed by atoms with Crippen molar-refractivity contribution < 1.29 is 0 Å². The topological polar surface area (TPSA) is 6.48 Å². The van der Waals surface area contributed by atoms with Crippen molar-refractivity contribution in [2.45, 2.75) is 0 Å². The lowest BCUT2D eigenvalue weighted by molar-refractivity contribution is 0.217. The Hall–Kier alpha value is 0.200. The molecule has 0 N–H and O–H groups in total. The molecular weight excluding hydrogens is 176 g/mol. The minimum absolute atomic E-state index is 0.707. The fraction of sp³-hybridized carbons (Fsp3) is 0.857. The molecular formula is C7H14N2S2. The molecule has 1 heterocycles. The SMILES string of the molecule is CN1CCN(C(=S)CS)CC1. The van der Waals surface area contributed by atoms with Crippen LogP contribution in [-0.2, 0) is 0 Å². The predicted octanol–water partition coefficient (Wildman–Crippen LogP) is 0.491. The fourth-order valence-electron chi connectivity index (χ4n) is 1.16. The largest absolute Gasteiger partial charge is 0.363 e. The van der Waals surface area contributed by atoms with Crippen molar-refractivity contribution in [1.29, 1.82) is 0 Å². The molecule has 0 unspecified atom stereocenters. The van der Waals surface area contributed by atoms with E-state index < -0.39 is 0 Å². The lowest BCUT2D eigenvalue weighted by Gasteiger charge is -2.33. The third-order valence-corrected chi connectivity index (χ3v) is 2.91. The summed E-state index contributed by atoms with van der Waals surface area (Å²) in [6.07, 6.45) is 0. The maximum Gasteiger partial charge on any atom is 0.0878 e. The summed E-state index contributed by atoms with van der Waals surface area (Å²) in [6.45, 7) is 4.37. The zero-order valence-electron chi connectivity index (χ0n) is 6.79. The molecule has 11 heavy (non-hydrogen) atoms. The molecule has 0 aliphatic carbocycles. The highest BCUT2D eigenvalue weighted by atomic mass is 32.1. The standard InChI is InChI=1S/C7H14N2S2/c1-8-2-4-9(5-3-8)7(11)6-10/h10H,2-6H2,1H3. The third kappa shape index (κ3) is 2.61. The molecule has 0 aromatic heterocycles. The summed E-state index contributed by atoms with van der Waals surface area (Å²) in [5.41, 5.74) is 0. The van der Waals surface area contributed by atoms with Gasteiger partial charge in [0.05, 0.1) is 4.99 Å². The van der Waals surface area contributed by atoms with Gasteiger partial charge in [0, 0.05) is 31.9 Å². The Morgan fingerprint density at radius 2 is 1.91 bits per heavy atom. The zero-order chi connectivity index (χ0) is 8.27. The molecule has 0 spiro atoms. The van der Waals surface area contributed by atoms with Gasteiger partial charge in [0.15, 0.2) is 0 Å². The van der Waals surface area contributed by atoms with E-state index in [9.17, 15) is 0 Å². The van der Waals surface area contributed by atoms with Crippen LogP contribution in [0, 0.1) is 0 Å². The van der Waals surface area contributed by atoms with Crippen LogP contribution in [0.25, 0.3) is 0 Å². The first-order valence-corrected chi connectivity index (χ1v) is 4.85. The van der Waals surface area contributed by atoms with E-state index in [0.717, 1.165) is 31.2 Å². The van der Waals surface area contributed by atoms with Crippen molar-refractivity contribution in [3.63, 3.8) is 0 Å². The lowest BCUT2D eigenvalue weighted by atomic mass is 10.3. The van der Waals surface area contributed by atoms with Crippen LogP contribution >= 0.6 is 24.8 Å². The molecule has 2 nitrogen and oxygen atoms in total. The van der Waals surface area contributed by atoms with Crippen LogP contribution in [0.1, 0.15) is 0 Å². The first kappa shape index (κ1) is 9.29. The Bertz CT molecular complexity index is 141. The number of piperazine rings is 1. The normalized spacial score (nSPS) is 20.4. The van der Waals surface area contributed by atoms with Crippen molar-refractivity contribution in [2.24, 2.45) is 0 Å². The average Bonchev–Trinajstić information content (AvgIpc) is 2.05.